The highest BCUT2D eigenvalue weighted by atomic mass is 35.5. The molecule has 4 heteroatoms. The first-order valence-corrected chi connectivity index (χ1v) is 4.97. The van der Waals surface area contributed by atoms with Crippen LogP contribution >= 0.6 is 11.6 Å². The minimum Gasteiger partial charge on any atom is -0.481 e. The Morgan fingerprint density at radius 3 is 2.93 bits per heavy atom. The van der Waals surface area contributed by atoms with Crippen molar-refractivity contribution in [3.63, 3.8) is 0 Å². The van der Waals surface area contributed by atoms with E-state index in [2.05, 4.69) is 4.98 Å². The Labute approximate surface area is 91.7 Å². The van der Waals surface area contributed by atoms with Crippen LogP contribution in [0.25, 0.3) is 10.9 Å². The van der Waals surface area contributed by atoms with Gasteiger partial charge in [0, 0.05) is 17.1 Å². The van der Waals surface area contributed by atoms with Crippen molar-refractivity contribution in [2.45, 2.75) is 12.8 Å². The number of carboxylic acids is 1. The van der Waals surface area contributed by atoms with Gasteiger partial charge in [0.2, 0.25) is 0 Å². The van der Waals surface area contributed by atoms with Gasteiger partial charge in [-0.25, -0.2) is 0 Å². The maximum absolute atomic E-state index is 10.9. The van der Waals surface area contributed by atoms with Gasteiger partial charge >= 0.3 is 5.97 Å². The monoisotopic (exact) mass is 223 g/mol. The number of H-pyrrole nitrogens is 1. The molecule has 0 bridgehead atoms. The Kier molecular flexibility index (Phi) is 2.40. The summed E-state index contributed by atoms with van der Waals surface area (Å²) in [7, 11) is 0. The summed E-state index contributed by atoms with van der Waals surface area (Å²) in [6.07, 6.45) is 1.67. The molecule has 0 amide bonds. The van der Waals surface area contributed by atoms with E-state index >= 15 is 0 Å². The molecule has 0 aliphatic heterocycles. The van der Waals surface area contributed by atoms with Gasteiger partial charge < -0.3 is 10.1 Å². The lowest BCUT2D eigenvalue weighted by Crippen LogP contribution is -2.07. The van der Waals surface area contributed by atoms with Crippen molar-refractivity contribution in [3.05, 3.63) is 35.0 Å². The van der Waals surface area contributed by atoms with Crippen LogP contribution in [0.4, 0.5) is 0 Å². The van der Waals surface area contributed by atoms with Crippen LogP contribution in [0.3, 0.4) is 0 Å². The third kappa shape index (κ3) is 1.59. The molecule has 0 aliphatic rings. The molecule has 0 saturated heterocycles. The first kappa shape index (κ1) is 10.1. The van der Waals surface area contributed by atoms with Gasteiger partial charge in [0.15, 0.2) is 0 Å². The molecule has 0 fully saturated rings. The van der Waals surface area contributed by atoms with Crippen molar-refractivity contribution in [1.29, 1.82) is 0 Å². The standard InChI is InChI=1S/C11H10ClNO2/c1-6(11(14)15)7-3-2-4-9-10(7)8(12)5-13-9/h2-6,13H,1H3,(H,14,15). The smallest absolute Gasteiger partial charge is 0.310 e. The number of carboxylic acid groups (broad SMARTS) is 1. The molecule has 1 aromatic heterocycles. The number of hydrogen-bond donors (Lipinski definition) is 2. The molecule has 2 rings (SSSR count). The number of aromatic amines is 1. The van der Waals surface area contributed by atoms with Gasteiger partial charge in [0.1, 0.15) is 0 Å². The number of halogens is 1. The fraction of sp³-hybridized carbons (Fsp3) is 0.182. The van der Waals surface area contributed by atoms with E-state index in [4.69, 9.17) is 16.7 Å². The van der Waals surface area contributed by atoms with Gasteiger partial charge in [-0.3, -0.25) is 4.79 Å². The zero-order valence-corrected chi connectivity index (χ0v) is 8.88. The maximum atomic E-state index is 10.9. The molecule has 0 saturated carbocycles. The average molecular weight is 224 g/mol. The number of hydrogen-bond acceptors (Lipinski definition) is 1. The van der Waals surface area contributed by atoms with E-state index in [0.29, 0.717) is 5.02 Å². The molecular weight excluding hydrogens is 214 g/mol. The summed E-state index contributed by atoms with van der Waals surface area (Å²) in [4.78, 5) is 13.9. The number of benzene rings is 1. The normalized spacial score (nSPS) is 12.9. The Morgan fingerprint density at radius 1 is 1.53 bits per heavy atom. The Balaban J connectivity index is 2.69. The van der Waals surface area contributed by atoms with Gasteiger partial charge in [-0.05, 0) is 18.6 Å². The summed E-state index contributed by atoms with van der Waals surface area (Å²) >= 11 is 6.00. The summed E-state index contributed by atoms with van der Waals surface area (Å²) in [5.41, 5.74) is 1.61. The van der Waals surface area contributed by atoms with E-state index in [9.17, 15) is 4.79 Å². The summed E-state index contributed by atoms with van der Waals surface area (Å²) in [5.74, 6) is -1.40. The molecule has 2 aromatic rings. The number of rotatable bonds is 2. The summed E-state index contributed by atoms with van der Waals surface area (Å²) in [6.45, 7) is 1.65. The van der Waals surface area contributed by atoms with E-state index in [1.54, 1.807) is 19.2 Å². The van der Waals surface area contributed by atoms with Gasteiger partial charge in [0.05, 0.1) is 10.9 Å². The lowest BCUT2D eigenvalue weighted by Gasteiger charge is -2.08. The van der Waals surface area contributed by atoms with Crippen LogP contribution in [0, 0.1) is 0 Å². The second-order valence-corrected chi connectivity index (χ2v) is 3.87. The molecular formula is C11H10ClNO2. The van der Waals surface area contributed by atoms with Crippen molar-refractivity contribution in [2.75, 3.05) is 0 Å². The fourth-order valence-electron chi connectivity index (χ4n) is 1.66. The lowest BCUT2D eigenvalue weighted by atomic mass is 9.98. The predicted octanol–water partition coefficient (Wildman–Crippen LogP) is 3.01. The Bertz CT molecular complexity index is 518. The minimum absolute atomic E-state index is 0.554. The molecule has 15 heavy (non-hydrogen) atoms. The number of fused-ring (bicyclic) bond motifs is 1. The number of aromatic nitrogens is 1. The zero-order chi connectivity index (χ0) is 11.0. The number of carbonyl (C=O) groups is 1. The highest BCUT2D eigenvalue weighted by Gasteiger charge is 2.18. The molecule has 1 heterocycles. The van der Waals surface area contributed by atoms with Crippen molar-refractivity contribution < 1.29 is 9.90 Å². The highest BCUT2D eigenvalue weighted by Crippen LogP contribution is 2.31. The third-order valence-electron chi connectivity index (χ3n) is 2.53. The quantitative estimate of drug-likeness (QED) is 0.822. The van der Waals surface area contributed by atoms with Crippen LogP contribution in [-0.4, -0.2) is 16.1 Å². The minimum atomic E-state index is -0.847. The van der Waals surface area contributed by atoms with Crippen molar-refractivity contribution in [3.8, 4) is 0 Å². The van der Waals surface area contributed by atoms with Crippen LogP contribution in [0.15, 0.2) is 24.4 Å². The van der Waals surface area contributed by atoms with E-state index in [0.717, 1.165) is 16.5 Å². The number of aliphatic carboxylic acids is 1. The SMILES string of the molecule is CC(C(=O)O)c1cccc2[nH]cc(Cl)c12. The third-order valence-corrected chi connectivity index (χ3v) is 2.82. The van der Waals surface area contributed by atoms with Crippen LogP contribution < -0.4 is 0 Å². The molecule has 78 valence electrons. The second kappa shape index (κ2) is 3.59. The van der Waals surface area contributed by atoms with Crippen LogP contribution in [0.2, 0.25) is 5.02 Å². The van der Waals surface area contributed by atoms with Crippen LogP contribution in [0.5, 0.6) is 0 Å². The molecule has 1 unspecified atom stereocenters. The van der Waals surface area contributed by atoms with E-state index in [1.807, 2.05) is 12.1 Å². The molecule has 0 aliphatic carbocycles. The van der Waals surface area contributed by atoms with Crippen molar-refractivity contribution >= 4 is 28.5 Å². The van der Waals surface area contributed by atoms with Crippen molar-refractivity contribution in [2.24, 2.45) is 0 Å². The van der Waals surface area contributed by atoms with Crippen molar-refractivity contribution in [1.82, 2.24) is 4.98 Å². The topological polar surface area (TPSA) is 53.1 Å². The highest BCUT2D eigenvalue weighted by molar-refractivity contribution is 6.36. The summed E-state index contributed by atoms with van der Waals surface area (Å²) in [5, 5.41) is 10.3. The Hall–Kier alpha value is -1.48. The molecule has 1 aromatic carbocycles. The summed E-state index contributed by atoms with van der Waals surface area (Å²) < 4.78 is 0. The van der Waals surface area contributed by atoms with E-state index in [1.165, 1.54) is 0 Å². The first-order chi connectivity index (χ1) is 7.11. The number of nitrogens with one attached hydrogen (secondary N) is 1. The van der Waals surface area contributed by atoms with E-state index < -0.39 is 11.9 Å². The second-order valence-electron chi connectivity index (χ2n) is 3.47. The maximum Gasteiger partial charge on any atom is 0.310 e. The molecule has 0 radical (unpaired) electrons. The lowest BCUT2D eigenvalue weighted by molar-refractivity contribution is -0.138. The summed E-state index contributed by atoms with van der Waals surface area (Å²) in [6, 6.07) is 5.49. The van der Waals surface area contributed by atoms with Crippen LogP contribution in [-0.2, 0) is 4.79 Å². The average Bonchev–Trinajstić information content (AvgIpc) is 2.59. The Morgan fingerprint density at radius 2 is 2.27 bits per heavy atom. The molecule has 0 spiro atoms. The first-order valence-electron chi connectivity index (χ1n) is 4.59. The predicted molar refractivity (Wildman–Crippen MR) is 59.4 cm³/mol. The zero-order valence-electron chi connectivity index (χ0n) is 8.12. The molecule has 3 nitrogen and oxygen atoms in total. The molecule has 2 N–H and O–H groups in total. The fourth-order valence-corrected chi connectivity index (χ4v) is 1.93. The van der Waals surface area contributed by atoms with Gasteiger partial charge in [-0.1, -0.05) is 23.7 Å². The van der Waals surface area contributed by atoms with Gasteiger partial charge in [-0.15, -0.1) is 0 Å². The molecule has 1 atom stereocenters. The largest absolute Gasteiger partial charge is 0.481 e. The van der Waals surface area contributed by atoms with Gasteiger partial charge in [-0.2, -0.15) is 0 Å². The van der Waals surface area contributed by atoms with Gasteiger partial charge in [0.25, 0.3) is 0 Å². The van der Waals surface area contributed by atoms with Crippen LogP contribution in [0.1, 0.15) is 18.4 Å². The van der Waals surface area contributed by atoms with E-state index in [-0.39, 0.29) is 0 Å².